The zero-order valence-electron chi connectivity index (χ0n) is 19.6. The van der Waals surface area contributed by atoms with E-state index in [2.05, 4.69) is 28.1 Å². The first-order chi connectivity index (χ1) is 16.2. The van der Waals surface area contributed by atoms with E-state index >= 15 is 0 Å². The van der Waals surface area contributed by atoms with Crippen LogP contribution in [0.25, 0.3) is 21.5 Å². The van der Waals surface area contributed by atoms with E-state index in [4.69, 9.17) is 14.6 Å². The maximum atomic E-state index is 9.25. The number of benzene rings is 4. The fourth-order valence-electron chi connectivity index (χ4n) is 3.96. The number of rotatable bonds is 1. The maximum absolute atomic E-state index is 9.25. The van der Waals surface area contributed by atoms with Gasteiger partial charge in [0.2, 0.25) is 0 Å². The molecule has 4 aromatic rings. The van der Waals surface area contributed by atoms with Gasteiger partial charge in [0.15, 0.2) is 0 Å². The average molecular weight is 511 g/mol. The van der Waals surface area contributed by atoms with Gasteiger partial charge in [-0.1, -0.05) is 70.5 Å². The van der Waals surface area contributed by atoms with Crippen LogP contribution in [0.4, 0.5) is 0 Å². The van der Waals surface area contributed by atoms with Crippen molar-refractivity contribution in [1.82, 2.24) is 0 Å². The Morgan fingerprint density at radius 2 is 1.09 bits per heavy atom. The summed E-state index contributed by atoms with van der Waals surface area (Å²) < 4.78 is 13.3. The lowest BCUT2D eigenvalue weighted by atomic mass is 9.75. The molecule has 0 aliphatic carbocycles. The molecule has 5 rings (SSSR count). The lowest BCUT2D eigenvalue weighted by Gasteiger charge is -2.32. The lowest BCUT2D eigenvalue weighted by molar-refractivity contribution is 0.00578. The van der Waals surface area contributed by atoms with Crippen molar-refractivity contribution in [2.24, 2.45) is 0 Å². The quantitative estimate of drug-likeness (QED) is 0.275. The van der Waals surface area contributed by atoms with Crippen LogP contribution < -0.4 is 5.46 Å². The van der Waals surface area contributed by atoms with Gasteiger partial charge >= 0.3 is 7.12 Å². The smallest absolute Gasteiger partial charge is 0.399 e. The fraction of sp³-hybridized carbons (Fsp3) is 0.214. The number of hydrogen-bond acceptors (Lipinski definition) is 4. The highest BCUT2D eigenvalue weighted by atomic mass is 79.9. The van der Waals surface area contributed by atoms with Crippen LogP contribution in [-0.2, 0) is 9.31 Å². The number of nitrogens with zero attached hydrogens (tertiary/aromatic N) is 2. The van der Waals surface area contributed by atoms with E-state index in [1.54, 1.807) is 0 Å². The van der Waals surface area contributed by atoms with Crippen molar-refractivity contribution in [3.05, 3.63) is 88.4 Å². The molecule has 1 saturated heterocycles. The Balaban J connectivity index is 0.000000180. The highest BCUT2D eigenvalue weighted by Crippen LogP contribution is 2.37. The molecule has 1 aliphatic rings. The Morgan fingerprint density at radius 1 is 0.647 bits per heavy atom. The molecule has 0 saturated carbocycles. The largest absolute Gasteiger partial charge is 0.495 e. The van der Waals surface area contributed by atoms with E-state index in [0.717, 1.165) is 37.0 Å². The average Bonchev–Trinajstić information content (AvgIpc) is 3.05. The van der Waals surface area contributed by atoms with Crippen LogP contribution in [-0.4, -0.2) is 18.3 Å². The fourth-order valence-corrected chi connectivity index (χ4v) is 4.43. The Bertz CT molecular complexity index is 1450. The molecule has 0 N–H and O–H groups in total. The third-order valence-electron chi connectivity index (χ3n) is 6.58. The molecule has 4 aromatic carbocycles. The molecule has 0 aromatic heterocycles. The van der Waals surface area contributed by atoms with E-state index in [-0.39, 0.29) is 11.2 Å². The van der Waals surface area contributed by atoms with Crippen LogP contribution in [0.3, 0.4) is 0 Å². The third-order valence-corrected chi connectivity index (χ3v) is 7.27. The molecule has 34 heavy (non-hydrogen) atoms. The molecule has 6 heteroatoms. The molecule has 168 valence electrons. The maximum Gasteiger partial charge on any atom is 0.495 e. The molecule has 4 nitrogen and oxygen atoms in total. The molecule has 0 unspecified atom stereocenters. The number of hydrogen-bond donors (Lipinski definition) is 0. The summed E-state index contributed by atoms with van der Waals surface area (Å²) in [6.45, 7) is 8.16. The monoisotopic (exact) mass is 510 g/mol. The van der Waals surface area contributed by atoms with E-state index in [9.17, 15) is 5.26 Å². The molecule has 1 heterocycles. The first kappa shape index (κ1) is 24.0. The summed E-state index contributed by atoms with van der Waals surface area (Å²) >= 11 is 3.45. The van der Waals surface area contributed by atoms with Crippen molar-refractivity contribution < 1.29 is 9.31 Å². The summed E-state index contributed by atoms with van der Waals surface area (Å²) in [5, 5.41) is 22.1. The second-order valence-electron chi connectivity index (χ2n) is 9.20. The van der Waals surface area contributed by atoms with Crippen LogP contribution >= 0.6 is 15.9 Å². The van der Waals surface area contributed by atoms with Gasteiger partial charge < -0.3 is 9.31 Å². The molecule has 1 fully saturated rings. The second kappa shape index (κ2) is 9.24. The van der Waals surface area contributed by atoms with Crippen molar-refractivity contribution in [3.63, 3.8) is 0 Å². The molecule has 0 bridgehead atoms. The molecule has 0 spiro atoms. The minimum Gasteiger partial charge on any atom is -0.399 e. The minimum absolute atomic E-state index is 0.368. The third kappa shape index (κ3) is 4.33. The van der Waals surface area contributed by atoms with Crippen molar-refractivity contribution in [3.8, 4) is 12.1 Å². The summed E-state index contributed by atoms with van der Waals surface area (Å²) in [7, 11) is -0.410. The van der Waals surface area contributed by atoms with Gasteiger partial charge in [-0.25, -0.2) is 0 Å². The zero-order valence-corrected chi connectivity index (χ0v) is 21.2. The second-order valence-corrected chi connectivity index (χ2v) is 10.1. The zero-order chi connectivity index (χ0) is 24.5. The summed E-state index contributed by atoms with van der Waals surface area (Å²) in [4.78, 5) is 0. The van der Waals surface area contributed by atoms with Crippen LogP contribution in [0.5, 0.6) is 0 Å². The van der Waals surface area contributed by atoms with E-state index in [0.29, 0.717) is 5.56 Å². The van der Waals surface area contributed by atoms with Gasteiger partial charge in [0, 0.05) is 9.86 Å². The predicted molar refractivity (Wildman–Crippen MR) is 141 cm³/mol. The highest BCUT2D eigenvalue weighted by Gasteiger charge is 2.52. The van der Waals surface area contributed by atoms with Gasteiger partial charge in [0.05, 0.1) is 34.5 Å². The molecule has 1 aliphatic heterocycles. The minimum atomic E-state index is -0.410. The van der Waals surface area contributed by atoms with Crippen LogP contribution in [0.1, 0.15) is 38.8 Å². The van der Waals surface area contributed by atoms with E-state index in [1.807, 2.05) is 100 Å². The topological polar surface area (TPSA) is 66.0 Å². The van der Waals surface area contributed by atoms with Crippen LogP contribution in [0.15, 0.2) is 77.3 Å². The van der Waals surface area contributed by atoms with Crippen molar-refractivity contribution in [2.45, 2.75) is 38.9 Å². The molecule has 0 atom stereocenters. The van der Waals surface area contributed by atoms with Gasteiger partial charge in [0.25, 0.3) is 0 Å². The summed E-state index contributed by atoms with van der Waals surface area (Å²) in [6.07, 6.45) is 0. The summed E-state index contributed by atoms with van der Waals surface area (Å²) in [6, 6.07) is 27.7. The predicted octanol–water partition coefficient (Wildman–Crippen LogP) is 6.48. The van der Waals surface area contributed by atoms with Crippen molar-refractivity contribution in [2.75, 3.05) is 0 Å². The molecule has 0 radical (unpaired) electrons. The van der Waals surface area contributed by atoms with Crippen LogP contribution in [0, 0.1) is 22.7 Å². The lowest BCUT2D eigenvalue weighted by Crippen LogP contribution is -2.41. The standard InChI is InChI=1S/C17H18BNO2.C11H6BrN/c1-16(2)17(3,4)21-18(20-16)15-10-9-12(11-19)13-7-5-6-8-14(13)15;12-11-6-5-8(7-13)9-3-1-2-4-10(9)11/h5-10H,1-4H3;1-6H. The SMILES string of the molecule is CC1(C)OB(c2ccc(C#N)c3ccccc23)OC1(C)C.N#Cc1ccc(Br)c2ccccc12. The molecule has 0 amide bonds. The highest BCUT2D eigenvalue weighted by molar-refractivity contribution is 9.10. The van der Waals surface area contributed by atoms with Gasteiger partial charge in [-0.2, -0.15) is 10.5 Å². The first-order valence-electron chi connectivity index (χ1n) is 11.0. The van der Waals surface area contributed by atoms with Crippen molar-refractivity contribution in [1.29, 1.82) is 10.5 Å². The van der Waals surface area contributed by atoms with Gasteiger partial charge in [-0.05, 0) is 67.5 Å². The summed E-state index contributed by atoms with van der Waals surface area (Å²) in [5.41, 5.74) is 1.63. The van der Waals surface area contributed by atoms with Crippen molar-refractivity contribution >= 4 is 50.1 Å². The number of fused-ring (bicyclic) bond motifs is 2. The summed E-state index contributed by atoms with van der Waals surface area (Å²) in [5.74, 6) is 0. The van der Waals surface area contributed by atoms with E-state index < -0.39 is 7.12 Å². The normalized spacial score (nSPS) is 15.9. The molecular weight excluding hydrogens is 487 g/mol. The molecular formula is C28H24BBrN2O2. The van der Waals surface area contributed by atoms with Gasteiger partial charge in [-0.15, -0.1) is 0 Å². The number of nitriles is 2. The van der Waals surface area contributed by atoms with Gasteiger partial charge in [-0.3, -0.25) is 0 Å². The Labute approximate surface area is 209 Å². The number of halogens is 1. The van der Waals surface area contributed by atoms with E-state index in [1.165, 1.54) is 0 Å². The Morgan fingerprint density at radius 3 is 1.62 bits per heavy atom. The van der Waals surface area contributed by atoms with Crippen LogP contribution in [0.2, 0.25) is 0 Å². The Hall–Kier alpha value is -3.16. The van der Waals surface area contributed by atoms with Gasteiger partial charge in [0.1, 0.15) is 0 Å². The Kier molecular flexibility index (Phi) is 6.52. The first-order valence-corrected chi connectivity index (χ1v) is 11.8.